The Morgan fingerprint density at radius 2 is 1.68 bits per heavy atom. The topological polar surface area (TPSA) is 71.4 Å². The molecular formula is C22H23N3O3. The summed E-state index contributed by atoms with van der Waals surface area (Å²) in [5.41, 5.74) is 6.68. The average molecular weight is 377 g/mol. The van der Waals surface area contributed by atoms with Gasteiger partial charge in [0.05, 0.1) is 17.5 Å². The van der Waals surface area contributed by atoms with Gasteiger partial charge in [-0.1, -0.05) is 17.7 Å². The van der Waals surface area contributed by atoms with E-state index in [1.165, 1.54) is 4.90 Å². The van der Waals surface area contributed by atoms with Gasteiger partial charge < -0.3 is 0 Å². The van der Waals surface area contributed by atoms with Crippen LogP contribution in [0.5, 0.6) is 0 Å². The molecule has 28 heavy (non-hydrogen) atoms. The zero-order chi connectivity index (χ0) is 20.0. The number of rotatable bonds is 3. The number of imide groups is 1. The van der Waals surface area contributed by atoms with Crippen LogP contribution in [-0.2, 0) is 9.59 Å². The van der Waals surface area contributed by atoms with Crippen LogP contribution in [0.25, 0.3) is 0 Å². The van der Waals surface area contributed by atoms with Crippen molar-refractivity contribution in [1.82, 2.24) is 4.68 Å². The van der Waals surface area contributed by atoms with Gasteiger partial charge in [-0.15, -0.1) is 0 Å². The quantitative estimate of drug-likeness (QED) is 0.659. The molecule has 0 spiro atoms. The van der Waals surface area contributed by atoms with Gasteiger partial charge >= 0.3 is 0 Å². The highest BCUT2D eigenvalue weighted by molar-refractivity contribution is 6.22. The lowest BCUT2D eigenvalue weighted by atomic mass is 9.82. The highest BCUT2D eigenvalue weighted by Crippen LogP contribution is 2.39. The molecule has 1 aromatic heterocycles. The number of anilines is 1. The van der Waals surface area contributed by atoms with Crippen molar-refractivity contribution in [3.8, 4) is 0 Å². The van der Waals surface area contributed by atoms with E-state index < -0.39 is 0 Å². The number of aryl methyl sites for hydroxylation is 2. The third-order valence-corrected chi connectivity index (χ3v) is 5.67. The number of hydrogen-bond donors (Lipinski definition) is 1. The van der Waals surface area contributed by atoms with Gasteiger partial charge in [-0.05, 0) is 63.9 Å². The Morgan fingerprint density at radius 3 is 2.39 bits per heavy atom. The molecule has 6 nitrogen and oxygen atoms in total. The van der Waals surface area contributed by atoms with Gasteiger partial charge in [-0.2, -0.15) is 0 Å². The molecular weight excluding hydrogens is 354 g/mol. The molecule has 3 amide bonds. The van der Waals surface area contributed by atoms with Gasteiger partial charge in [-0.3, -0.25) is 29.4 Å². The molecule has 1 saturated heterocycles. The van der Waals surface area contributed by atoms with Gasteiger partial charge in [-0.25, -0.2) is 0 Å². The van der Waals surface area contributed by atoms with Gasteiger partial charge in [0.1, 0.15) is 0 Å². The number of carbonyl (C=O) groups is 3. The monoisotopic (exact) mass is 377 g/mol. The lowest BCUT2D eigenvalue weighted by molar-refractivity contribution is -0.122. The molecule has 4 rings (SSSR count). The van der Waals surface area contributed by atoms with E-state index in [1.807, 2.05) is 39.0 Å². The maximum atomic E-state index is 12.9. The van der Waals surface area contributed by atoms with Gasteiger partial charge in [0.15, 0.2) is 0 Å². The fraction of sp³-hybridized carbons (Fsp3) is 0.318. The third-order valence-electron chi connectivity index (χ3n) is 5.67. The van der Waals surface area contributed by atoms with E-state index in [0.717, 1.165) is 17.0 Å². The van der Waals surface area contributed by atoms with Crippen LogP contribution in [0, 0.1) is 25.7 Å². The zero-order valence-electron chi connectivity index (χ0n) is 16.2. The molecule has 0 bridgehead atoms. The maximum absolute atomic E-state index is 12.9. The second kappa shape index (κ2) is 6.78. The van der Waals surface area contributed by atoms with Crippen molar-refractivity contribution in [3.05, 3.63) is 65.0 Å². The number of amides is 3. The molecule has 6 heteroatoms. The first kappa shape index (κ1) is 18.2. The normalized spacial score (nSPS) is 21.5. The van der Waals surface area contributed by atoms with Crippen LogP contribution in [0.1, 0.15) is 41.5 Å². The van der Waals surface area contributed by atoms with E-state index in [2.05, 4.69) is 5.43 Å². The summed E-state index contributed by atoms with van der Waals surface area (Å²) in [4.78, 5) is 39.7. The Kier molecular flexibility index (Phi) is 4.41. The Labute approximate surface area is 163 Å². The minimum Gasteiger partial charge on any atom is -0.274 e. The smallest absolute Gasteiger partial charge is 0.270 e. The summed E-state index contributed by atoms with van der Waals surface area (Å²) in [7, 11) is 0. The molecule has 0 radical (unpaired) electrons. The minimum atomic E-state index is -0.293. The number of aromatic nitrogens is 1. The first-order valence-electron chi connectivity index (χ1n) is 9.46. The van der Waals surface area contributed by atoms with Crippen molar-refractivity contribution in [1.29, 1.82) is 0 Å². The summed E-state index contributed by atoms with van der Waals surface area (Å²) in [5, 5.41) is 0. The van der Waals surface area contributed by atoms with E-state index in [9.17, 15) is 14.4 Å². The fourth-order valence-corrected chi connectivity index (χ4v) is 4.09. The molecule has 2 aliphatic rings. The average Bonchev–Trinajstić information content (AvgIpc) is 3.12. The van der Waals surface area contributed by atoms with Gasteiger partial charge in [0.2, 0.25) is 11.8 Å². The van der Waals surface area contributed by atoms with Crippen LogP contribution in [-0.4, -0.2) is 22.4 Å². The summed E-state index contributed by atoms with van der Waals surface area (Å²) in [6, 6.07) is 10.5. The second-order valence-corrected chi connectivity index (χ2v) is 7.66. The molecule has 1 aliphatic heterocycles. The van der Waals surface area contributed by atoms with Crippen LogP contribution >= 0.6 is 0 Å². The van der Waals surface area contributed by atoms with E-state index in [-0.39, 0.29) is 29.6 Å². The number of hydrogen-bond acceptors (Lipinski definition) is 3. The zero-order valence-corrected chi connectivity index (χ0v) is 16.2. The lowest BCUT2D eigenvalue weighted by Gasteiger charge is -2.18. The highest BCUT2D eigenvalue weighted by atomic mass is 16.2. The Bertz CT molecular complexity index is 998. The second-order valence-electron chi connectivity index (χ2n) is 7.66. The molecule has 2 atom stereocenters. The van der Waals surface area contributed by atoms with E-state index >= 15 is 0 Å². The van der Waals surface area contributed by atoms with Crippen molar-refractivity contribution in [2.24, 2.45) is 11.8 Å². The van der Waals surface area contributed by atoms with Crippen LogP contribution in [0.15, 0.2) is 48.0 Å². The van der Waals surface area contributed by atoms with Crippen LogP contribution < -0.4 is 10.3 Å². The maximum Gasteiger partial charge on any atom is 0.270 e. The predicted molar refractivity (Wildman–Crippen MR) is 107 cm³/mol. The molecule has 2 aromatic rings. The first-order chi connectivity index (χ1) is 13.4. The predicted octanol–water partition coefficient (Wildman–Crippen LogP) is 3.33. The summed E-state index contributed by atoms with van der Waals surface area (Å²) in [6.45, 7) is 5.80. The van der Waals surface area contributed by atoms with E-state index in [1.54, 1.807) is 28.9 Å². The molecule has 144 valence electrons. The summed E-state index contributed by atoms with van der Waals surface area (Å²) in [5.74, 6) is -1.22. The molecule has 1 aromatic carbocycles. The van der Waals surface area contributed by atoms with E-state index in [0.29, 0.717) is 24.1 Å². The minimum absolute atomic E-state index is 0.169. The SMILES string of the molecule is CC1=CC[C@H]2C(=O)N(c3cccc(C(=O)Nn4c(C)ccc4C)c3)C(=O)[C@H]2C1. The Balaban J connectivity index is 1.60. The van der Waals surface area contributed by atoms with Crippen molar-refractivity contribution in [2.45, 2.75) is 33.6 Å². The number of allylic oxidation sites excluding steroid dienone is 2. The third kappa shape index (κ3) is 2.95. The number of carbonyl (C=O) groups excluding carboxylic acids is 3. The van der Waals surface area contributed by atoms with Gasteiger partial charge in [0.25, 0.3) is 5.91 Å². The molecule has 1 aliphatic carbocycles. The van der Waals surface area contributed by atoms with Crippen LogP contribution in [0.3, 0.4) is 0 Å². The molecule has 0 unspecified atom stereocenters. The standard InChI is InChI=1S/C22H23N3O3/c1-13-7-10-18-19(11-13)22(28)24(21(18)27)17-6-4-5-16(12-17)20(26)23-25-14(2)8-9-15(25)3/h4-9,12,18-19H,10-11H2,1-3H3,(H,23,26)/t18-,19+/m1/s1. The largest absolute Gasteiger partial charge is 0.274 e. The number of fused-ring (bicyclic) bond motifs is 1. The van der Waals surface area contributed by atoms with Crippen molar-refractivity contribution >= 4 is 23.4 Å². The van der Waals surface area contributed by atoms with E-state index in [4.69, 9.17) is 0 Å². The van der Waals surface area contributed by atoms with Crippen LogP contribution in [0.4, 0.5) is 5.69 Å². The summed E-state index contributed by atoms with van der Waals surface area (Å²) < 4.78 is 1.71. The van der Waals surface area contributed by atoms with Crippen LogP contribution in [0.2, 0.25) is 0 Å². The van der Waals surface area contributed by atoms with Gasteiger partial charge in [0, 0.05) is 17.0 Å². The first-order valence-corrected chi connectivity index (χ1v) is 9.46. The summed E-state index contributed by atoms with van der Waals surface area (Å²) >= 11 is 0. The number of nitrogens with one attached hydrogen (secondary N) is 1. The Hall–Kier alpha value is -3.15. The highest BCUT2D eigenvalue weighted by Gasteiger charge is 2.48. The molecule has 2 heterocycles. The Morgan fingerprint density at radius 1 is 1.00 bits per heavy atom. The lowest BCUT2D eigenvalue weighted by Crippen LogP contribution is -2.31. The number of nitrogens with zero attached hydrogens (tertiary/aromatic N) is 2. The number of benzene rings is 1. The van der Waals surface area contributed by atoms with Crippen molar-refractivity contribution in [3.63, 3.8) is 0 Å². The molecule has 0 saturated carbocycles. The molecule has 1 fully saturated rings. The molecule has 1 N–H and O–H groups in total. The fourth-order valence-electron chi connectivity index (χ4n) is 4.09. The summed E-state index contributed by atoms with van der Waals surface area (Å²) in [6.07, 6.45) is 3.27. The van der Waals surface area contributed by atoms with Crippen molar-refractivity contribution < 1.29 is 14.4 Å². The van der Waals surface area contributed by atoms with Crippen molar-refractivity contribution in [2.75, 3.05) is 10.3 Å².